The molecule has 3 atom stereocenters. The summed E-state index contributed by atoms with van der Waals surface area (Å²) in [6.07, 6.45) is 6.86. The highest BCUT2D eigenvalue weighted by Gasteiger charge is 2.25. The van der Waals surface area contributed by atoms with Crippen molar-refractivity contribution in [3.63, 3.8) is 0 Å². The van der Waals surface area contributed by atoms with Crippen molar-refractivity contribution in [1.82, 2.24) is 0 Å². The molecule has 2 rings (SSSR count). The van der Waals surface area contributed by atoms with Crippen molar-refractivity contribution in [1.29, 1.82) is 0 Å². The van der Waals surface area contributed by atoms with E-state index in [2.05, 4.69) is 53.2 Å². The fraction of sp³-hybridized carbons (Fsp3) is 0.471. The Morgan fingerprint density at radius 3 is 2.74 bits per heavy atom. The lowest BCUT2D eigenvalue weighted by atomic mass is 9.77. The maximum absolute atomic E-state index is 4.60. The molecule has 0 heterocycles. The number of hydrogen-bond acceptors (Lipinski definition) is 1. The molecule has 0 spiro atoms. The van der Waals surface area contributed by atoms with Gasteiger partial charge in [-0.3, -0.25) is 4.99 Å². The number of nitrogens with zero attached hydrogens (tertiary/aromatic N) is 1. The van der Waals surface area contributed by atoms with Crippen LogP contribution in [-0.4, -0.2) is 6.21 Å². The van der Waals surface area contributed by atoms with E-state index in [9.17, 15) is 0 Å². The molecule has 2 heteroatoms. The number of aryl methyl sites for hydroxylation is 1. The van der Waals surface area contributed by atoms with E-state index in [-0.39, 0.29) is 0 Å². The van der Waals surface area contributed by atoms with Crippen LogP contribution < -0.4 is 5.30 Å². The number of rotatable bonds is 2. The zero-order valence-corrected chi connectivity index (χ0v) is 13.6. The second kappa shape index (κ2) is 6.01. The van der Waals surface area contributed by atoms with Crippen molar-refractivity contribution in [3.8, 4) is 0 Å². The fourth-order valence-corrected chi connectivity index (χ4v) is 3.58. The molecule has 0 aromatic heterocycles. The third-order valence-corrected chi connectivity index (χ3v) is 4.48. The normalized spacial score (nSPS) is 23.7. The lowest BCUT2D eigenvalue weighted by Crippen LogP contribution is -2.18. The molecule has 19 heavy (non-hydrogen) atoms. The van der Waals surface area contributed by atoms with E-state index in [4.69, 9.17) is 0 Å². The summed E-state index contributed by atoms with van der Waals surface area (Å²) < 4.78 is 0. The predicted octanol–water partition coefficient (Wildman–Crippen LogP) is 4.68. The molecule has 0 saturated carbocycles. The Labute approximate surface area is 119 Å². The Morgan fingerprint density at radius 1 is 1.32 bits per heavy atom. The first kappa shape index (κ1) is 14.5. The van der Waals surface area contributed by atoms with Gasteiger partial charge in [0.05, 0.1) is 5.69 Å². The highest BCUT2D eigenvalue weighted by molar-refractivity contribution is 7.27. The molecule has 0 N–H and O–H groups in total. The second-order valence-corrected chi connectivity index (χ2v) is 6.35. The Bertz CT molecular complexity index is 528. The van der Waals surface area contributed by atoms with Crippen molar-refractivity contribution in [2.24, 2.45) is 10.9 Å². The molecule has 1 aromatic carbocycles. The zero-order chi connectivity index (χ0) is 14.0. The van der Waals surface area contributed by atoms with Crippen LogP contribution in [0.25, 0.3) is 0 Å². The maximum atomic E-state index is 4.60. The minimum absolute atomic E-state index is 0.501. The Kier molecular flexibility index (Phi) is 4.58. The third-order valence-electron chi connectivity index (χ3n) is 4.01. The molecule has 1 nitrogen and oxygen atoms in total. The molecule has 1 aliphatic carbocycles. The molecule has 0 fully saturated rings. The number of benzene rings is 1. The minimum atomic E-state index is 0.501. The van der Waals surface area contributed by atoms with Crippen LogP contribution >= 0.6 is 9.24 Å². The van der Waals surface area contributed by atoms with Crippen LogP contribution in [0.5, 0.6) is 0 Å². The average molecular weight is 273 g/mol. The van der Waals surface area contributed by atoms with Gasteiger partial charge < -0.3 is 0 Å². The quantitative estimate of drug-likeness (QED) is 0.421. The smallest absolute Gasteiger partial charge is 0.0672 e. The first-order chi connectivity index (χ1) is 9.02. The van der Waals surface area contributed by atoms with Crippen molar-refractivity contribution < 1.29 is 0 Å². The number of aliphatic imine (C=N–C) groups is 1. The van der Waals surface area contributed by atoms with Crippen LogP contribution in [0.1, 0.15) is 50.7 Å². The molecular formula is C17H24NP. The van der Waals surface area contributed by atoms with Gasteiger partial charge in [-0.2, -0.15) is 0 Å². The summed E-state index contributed by atoms with van der Waals surface area (Å²) in [6, 6.07) is 4.45. The van der Waals surface area contributed by atoms with E-state index in [1.807, 2.05) is 13.1 Å². The summed E-state index contributed by atoms with van der Waals surface area (Å²) in [7, 11) is 2.90. The van der Waals surface area contributed by atoms with Gasteiger partial charge in [0, 0.05) is 12.1 Å². The van der Waals surface area contributed by atoms with Gasteiger partial charge in [-0.1, -0.05) is 24.6 Å². The monoisotopic (exact) mass is 273 g/mol. The lowest BCUT2D eigenvalue weighted by molar-refractivity contribution is 0.460. The molecule has 0 bridgehead atoms. The van der Waals surface area contributed by atoms with E-state index in [0.29, 0.717) is 11.8 Å². The first-order valence-corrected chi connectivity index (χ1v) is 7.66. The summed E-state index contributed by atoms with van der Waals surface area (Å²) in [6.45, 7) is 8.73. The average Bonchev–Trinajstić information content (AvgIpc) is 2.33. The highest BCUT2D eigenvalue weighted by Crippen LogP contribution is 2.39. The van der Waals surface area contributed by atoms with E-state index in [0.717, 1.165) is 5.69 Å². The van der Waals surface area contributed by atoms with E-state index >= 15 is 0 Å². The van der Waals surface area contributed by atoms with Gasteiger partial charge in [-0.15, -0.1) is 9.24 Å². The molecule has 0 amide bonds. The van der Waals surface area contributed by atoms with Crippen molar-refractivity contribution in [2.75, 3.05) is 0 Å². The molecule has 0 saturated heterocycles. The standard InChI is InChI=1S/C17H24NP/c1-5-18-15-9-12(3)10-16(19)17(15)14-8-11(2)6-7-13(14)4/h5,8-10,13-14H,6-7,19H2,1-4H3. The second-order valence-electron chi connectivity index (χ2n) is 5.73. The van der Waals surface area contributed by atoms with Gasteiger partial charge in [0.25, 0.3) is 0 Å². The van der Waals surface area contributed by atoms with Crippen LogP contribution in [0.4, 0.5) is 5.69 Å². The van der Waals surface area contributed by atoms with E-state index in [1.54, 1.807) is 0 Å². The summed E-state index contributed by atoms with van der Waals surface area (Å²) in [5.41, 5.74) is 5.31. The van der Waals surface area contributed by atoms with Crippen LogP contribution in [0.15, 0.2) is 28.8 Å². The van der Waals surface area contributed by atoms with Crippen molar-refractivity contribution >= 4 is 26.4 Å². The molecule has 102 valence electrons. The number of allylic oxidation sites excluding steroid dienone is 2. The van der Waals surface area contributed by atoms with Crippen LogP contribution in [0, 0.1) is 12.8 Å². The first-order valence-electron chi connectivity index (χ1n) is 7.09. The van der Waals surface area contributed by atoms with Crippen molar-refractivity contribution in [2.45, 2.75) is 46.5 Å². The summed E-state index contributed by atoms with van der Waals surface area (Å²) >= 11 is 0. The maximum Gasteiger partial charge on any atom is 0.0672 e. The summed E-state index contributed by atoms with van der Waals surface area (Å²) in [5.74, 6) is 1.19. The Balaban J connectivity index is 2.57. The van der Waals surface area contributed by atoms with Crippen LogP contribution in [0.3, 0.4) is 0 Å². The van der Waals surface area contributed by atoms with Gasteiger partial charge in [0.2, 0.25) is 0 Å². The molecular weight excluding hydrogens is 249 g/mol. The molecule has 0 radical (unpaired) electrons. The zero-order valence-electron chi connectivity index (χ0n) is 12.4. The third kappa shape index (κ3) is 3.15. The lowest BCUT2D eigenvalue weighted by Gasteiger charge is -2.29. The number of hydrogen-bond donors (Lipinski definition) is 0. The predicted molar refractivity (Wildman–Crippen MR) is 89.2 cm³/mol. The van der Waals surface area contributed by atoms with Crippen LogP contribution in [-0.2, 0) is 0 Å². The molecule has 0 aliphatic heterocycles. The van der Waals surface area contributed by atoms with E-state index < -0.39 is 0 Å². The largest absolute Gasteiger partial charge is 0.261 e. The Hall–Kier alpha value is -0.940. The minimum Gasteiger partial charge on any atom is -0.261 e. The Morgan fingerprint density at radius 2 is 2.05 bits per heavy atom. The van der Waals surface area contributed by atoms with Gasteiger partial charge in [0.1, 0.15) is 0 Å². The van der Waals surface area contributed by atoms with Gasteiger partial charge in [-0.25, -0.2) is 0 Å². The highest BCUT2D eigenvalue weighted by atomic mass is 31.0. The topological polar surface area (TPSA) is 12.4 Å². The summed E-state index contributed by atoms with van der Waals surface area (Å²) in [5, 5.41) is 1.29. The molecule has 3 unspecified atom stereocenters. The van der Waals surface area contributed by atoms with Crippen LogP contribution in [0.2, 0.25) is 0 Å². The van der Waals surface area contributed by atoms with Gasteiger partial charge in [0.15, 0.2) is 0 Å². The van der Waals surface area contributed by atoms with E-state index in [1.165, 1.54) is 34.8 Å². The van der Waals surface area contributed by atoms with Crippen molar-refractivity contribution in [3.05, 3.63) is 34.9 Å². The molecule has 1 aromatic rings. The van der Waals surface area contributed by atoms with Gasteiger partial charge in [-0.05, 0) is 62.0 Å². The summed E-state index contributed by atoms with van der Waals surface area (Å²) in [4.78, 5) is 4.60. The SMILES string of the molecule is CC=Nc1cc(C)cc(P)c1C1C=C(C)CCC1C. The van der Waals surface area contributed by atoms with Gasteiger partial charge >= 0.3 is 0 Å². The molecule has 1 aliphatic rings. The fourth-order valence-electron chi connectivity index (χ4n) is 2.97.